The summed E-state index contributed by atoms with van der Waals surface area (Å²) >= 11 is 0. The fourth-order valence-electron chi connectivity index (χ4n) is 1.25. The number of anilines is 2. The first-order valence-corrected chi connectivity index (χ1v) is 6.53. The third-order valence-electron chi connectivity index (χ3n) is 2.25. The van der Waals surface area contributed by atoms with Crippen LogP contribution in [0.2, 0.25) is 0 Å². The molecule has 0 spiro atoms. The van der Waals surface area contributed by atoms with Crippen molar-refractivity contribution in [3.63, 3.8) is 0 Å². The molecule has 1 rings (SSSR count). The third kappa shape index (κ3) is 3.30. The second-order valence-electron chi connectivity index (χ2n) is 3.81. The second kappa shape index (κ2) is 5.49. The molecule has 0 unspecified atom stereocenters. The number of alkyl halides is 2. The summed E-state index contributed by atoms with van der Waals surface area (Å²) in [6, 6.07) is 3.94. The zero-order chi connectivity index (χ0) is 13.9. The first-order chi connectivity index (χ1) is 8.25. The molecule has 0 saturated heterocycles. The van der Waals surface area contributed by atoms with E-state index in [1.165, 1.54) is 32.3 Å². The van der Waals surface area contributed by atoms with Gasteiger partial charge in [0.2, 0.25) is 10.0 Å². The van der Waals surface area contributed by atoms with Crippen molar-refractivity contribution in [1.82, 2.24) is 4.31 Å². The molecular weight excluding hydrogens is 264 g/mol. The molecule has 0 aliphatic heterocycles. The number of nitrogens with one attached hydrogen (secondary N) is 1. The van der Waals surface area contributed by atoms with Gasteiger partial charge in [-0.05, 0) is 18.2 Å². The summed E-state index contributed by atoms with van der Waals surface area (Å²) in [5, 5.41) is 2.41. The Balaban J connectivity index is 3.08. The number of hydrogen-bond donors (Lipinski definition) is 2. The Kier molecular flexibility index (Phi) is 4.47. The number of nitrogens with two attached hydrogens (primary N) is 1. The zero-order valence-corrected chi connectivity index (χ0v) is 10.8. The highest BCUT2D eigenvalue weighted by atomic mass is 32.2. The van der Waals surface area contributed by atoms with Crippen molar-refractivity contribution >= 4 is 21.4 Å². The van der Waals surface area contributed by atoms with E-state index in [1.807, 2.05) is 0 Å². The molecular formula is C10H15F2N3O2S. The lowest BCUT2D eigenvalue weighted by Crippen LogP contribution is -2.22. The number of rotatable bonds is 5. The Labute approximate surface area is 105 Å². The monoisotopic (exact) mass is 279 g/mol. The molecule has 8 heteroatoms. The van der Waals surface area contributed by atoms with E-state index in [4.69, 9.17) is 5.73 Å². The number of nitrogens with zero attached hydrogens (tertiary/aromatic N) is 1. The topological polar surface area (TPSA) is 75.4 Å². The number of nitrogen functional groups attached to an aromatic ring is 1. The van der Waals surface area contributed by atoms with Crippen molar-refractivity contribution in [2.24, 2.45) is 0 Å². The average molecular weight is 279 g/mol. The van der Waals surface area contributed by atoms with Crippen LogP contribution in [0.5, 0.6) is 0 Å². The molecule has 0 amide bonds. The van der Waals surface area contributed by atoms with Gasteiger partial charge in [0.05, 0.1) is 22.8 Å². The van der Waals surface area contributed by atoms with E-state index < -0.39 is 23.0 Å². The van der Waals surface area contributed by atoms with Crippen LogP contribution < -0.4 is 11.1 Å². The summed E-state index contributed by atoms with van der Waals surface area (Å²) in [4.78, 5) is -0.00142. The third-order valence-corrected chi connectivity index (χ3v) is 4.06. The van der Waals surface area contributed by atoms with E-state index in [-0.39, 0.29) is 16.3 Å². The maximum atomic E-state index is 12.1. The summed E-state index contributed by atoms with van der Waals surface area (Å²) in [7, 11) is -0.831. The highest BCUT2D eigenvalue weighted by Crippen LogP contribution is 2.24. The molecule has 0 aliphatic carbocycles. The molecule has 0 bridgehead atoms. The van der Waals surface area contributed by atoms with Gasteiger partial charge in [-0.25, -0.2) is 21.5 Å². The molecule has 5 nitrogen and oxygen atoms in total. The minimum atomic E-state index is -3.60. The number of benzene rings is 1. The van der Waals surface area contributed by atoms with Crippen LogP contribution in [0.1, 0.15) is 0 Å². The summed E-state index contributed by atoms with van der Waals surface area (Å²) < 4.78 is 48.9. The van der Waals surface area contributed by atoms with Gasteiger partial charge in [-0.15, -0.1) is 0 Å². The molecule has 1 aromatic rings. The van der Waals surface area contributed by atoms with Crippen LogP contribution >= 0.6 is 0 Å². The lowest BCUT2D eigenvalue weighted by molar-refractivity contribution is 0.163. The molecule has 0 fully saturated rings. The summed E-state index contributed by atoms with van der Waals surface area (Å²) in [5.41, 5.74) is 5.97. The Hall–Kier alpha value is -1.41. The van der Waals surface area contributed by atoms with Gasteiger partial charge in [-0.2, -0.15) is 0 Å². The maximum Gasteiger partial charge on any atom is 0.255 e. The lowest BCUT2D eigenvalue weighted by atomic mass is 10.2. The zero-order valence-electron chi connectivity index (χ0n) is 10.0. The minimum Gasteiger partial charge on any atom is -0.397 e. The largest absolute Gasteiger partial charge is 0.397 e. The van der Waals surface area contributed by atoms with E-state index >= 15 is 0 Å². The standard InChI is InChI=1S/C10H15F2N3O2S/c1-15(2)18(16,17)7-3-4-8(13)9(5-7)14-6-10(11)12/h3-5,10,14H,6,13H2,1-2H3. The van der Waals surface area contributed by atoms with E-state index in [0.717, 1.165) is 4.31 Å². The Morgan fingerprint density at radius 1 is 1.39 bits per heavy atom. The van der Waals surface area contributed by atoms with Gasteiger partial charge in [-0.1, -0.05) is 0 Å². The first kappa shape index (κ1) is 14.7. The number of halogens is 2. The van der Waals surface area contributed by atoms with Gasteiger partial charge in [-0.3, -0.25) is 0 Å². The minimum absolute atomic E-state index is 0.00142. The summed E-state index contributed by atoms with van der Waals surface area (Å²) in [6.07, 6.45) is -2.54. The van der Waals surface area contributed by atoms with Crippen LogP contribution in [0.15, 0.2) is 23.1 Å². The summed E-state index contributed by atoms with van der Waals surface area (Å²) in [5.74, 6) is 0. The van der Waals surface area contributed by atoms with Gasteiger partial charge in [0.1, 0.15) is 0 Å². The predicted molar refractivity (Wildman–Crippen MR) is 66.2 cm³/mol. The fourth-order valence-corrected chi connectivity index (χ4v) is 2.18. The van der Waals surface area contributed by atoms with Crippen molar-refractivity contribution < 1.29 is 17.2 Å². The van der Waals surface area contributed by atoms with Crippen LogP contribution in [0, 0.1) is 0 Å². The van der Waals surface area contributed by atoms with E-state index in [2.05, 4.69) is 5.32 Å². The molecule has 0 saturated carbocycles. The SMILES string of the molecule is CN(C)S(=O)(=O)c1ccc(N)c(NCC(F)F)c1. The van der Waals surface area contributed by atoms with Crippen molar-refractivity contribution in [2.45, 2.75) is 11.3 Å². The fraction of sp³-hybridized carbons (Fsp3) is 0.400. The normalized spacial score (nSPS) is 12.1. The second-order valence-corrected chi connectivity index (χ2v) is 5.96. The van der Waals surface area contributed by atoms with Crippen molar-refractivity contribution in [3.05, 3.63) is 18.2 Å². The number of sulfonamides is 1. The van der Waals surface area contributed by atoms with Gasteiger partial charge in [0, 0.05) is 14.1 Å². The van der Waals surface area contributed by atoms with Crippen LogP contribution in [0.4, 0.5) is 20.2 Å². The Morgan fingerprint density at radius 3 is 2.50 bits per heavy atom. The van der Waals surface area contributed by atoms with Crippen LogP contribution in [-0.4, -0.2) is 39.8 Å². The number of hydrogen-bond acceptors (Lipinski definition) is 4. The van der Waals surface area contributed by atoms with Crippen molar-refractivity contribution in [2.75, 3.05) is 31.7 Å². The van der Waals surface area contributed by atoms with Gasteiger partial charge >= 0.3 is 0 Å². The lowest BCUT2D eigenvalue weighted by Gasteiger charge is -2.14. The predicted octanol–water partition coefficient (Wildman–Crippen LogP) is 1.20. The Bertz CT molecular complexity index is 518. The highest BCUT2D eigenvalue weighted by molar-refractivity contribution is 7.89. The maximum absolute atomic E-state index is 12.1. The van der Waals surface area contributed by atoms with Crippen LogP contribution in [0.3, 0.4) is 0 Å². The van der Waals surface area contributed by atoms with Crippen LogP contribution in [0.25, 0.3) is 0 Å². The molecule has 0 heterocycles. The average Bonchev–Trinajstić information content (AvgIpc) is 2.27. The summed E-state index contributed by atoms with van der Waals surface area (Å²) in [6.45, 7) is -0.588. The van der Waals surface area contributed by atoms with Crippen LogP contribution in [-0.2, 0) is 10.0 Å². The van der Waals surface area contributed by atoms with E-state index in [1.54, 1.807) is 0 Å². The Morgan fingerprint density at radius 2 is 2.00 bits per heavy atom. The molecule has 0 atom stereocenters. The molecule has 0 aliphatic rings. The molecule has 0 aromatic heterocycles. The first-order valence-electron chi connectivity index (χ1n) is 5.09. The van der Waals surface area contributed by atoms with Gasteiger partial charge < -0.3 is 11.1 Å². The smallest absolute Gasteiger partial charge is 0.255 e. The molecule has 0 radical (unpaired) electrons. The van der Waals surface area contributed by atoms with Crippen molar-refractivity contribution in [3.8, 4) is 0 Å². The van der Waals surface area contributed by atoms with Crippen molar-refractivity contribution in [1.29, 1.82) is 0 Å². The highest BCUT2D eigenvalue weighted by Gasteiger charge is 2.18. The van der Waals surface area contributed by atoms with Gasteiger partial charge in [0.25, 0.3) is 6.43 Å². The molecule has 18 heavy (non-hydrogen) atoms. The quantitative estimate of drug-likeness (QED) is 0.794. The molecule has 102 valence electrons. The van der Waals surface area contributed by atoms with E-state index in [9.17, 15) is 17.2 Å². The molecule has 1 aromatic carbocycles. The van der Waals surface area contributed by atoms with E-state index in [0.29, 0.717) is 0 Å². The van der Waals surface area contributed by atoms with Gasteiger partial charge in [0.15, 0.2) is 0 Å². The molecule has 3 N–H and O–H groups in total.